The highest BCUT2D eigenvalue weighted by atomic mass is 16.5. The molecule has 0 saturated heterocycles. The van der Waals surface area contributed by atoms with Gasteiger partial charge in [0.05, 0.1) is 25.2 Å². The van der Waals surface area contributed by atoms with E-state index >= 15 is 0 Å². The average molecular weight is 886 g/mol. The van der Waals surface area contributed by atoms with Crippen LogP contribution in [-0.2, 0) is 14.3 Å². The number of nitrogens with one attached hydrogen (secondary N) is 1. The number of aliphatic hydroxyl groups excluding tert-OH is 2. The van der Waals surface area contributed by atoms with Gasteiger partial charge in [0, 0.05) is 6.42 Å². The number of rotatable bonds is 50. The third kappa shape index (κ3) is 46.4. The van der Waals surface area contributed by atoms with Crippen molar-refractivity contribution in [2.24, 2.45) is 0 Å². The molecule has 0 aromatic carbocycles. The fraction of sp³-hybridized carbons (Fsp3) is 0.860. The van der Waals surface area contributed by atoms with Gasteiger partial charge >= 0.3 is 5.97 Å². The summed E-state index contributed by atoms with van der Waals surface area (Å²) in [7, 11) is 0. The van der Waals surface area contributed by atoms with Gasteiger partial charge < -0.3 is 20.3 Å². The molecule has 6 heteroatoms. The number of amides is 1. The van der Waals surface area contributed by atoms with Gasteiger partial charge in [-0.2, -0.15) is 0 Å². The SMILES string of the molecule is CCCCC/C=C\C/C=C\CCCCCCCCCCCC(=O)OC(CCCCCCC/C=C/CCCCCCCC)CC(=O)NC(CO)C(O)CCCCCCCCCCCC. The maximum absolute atomic E-state index is 13.2. The van der Waals surface area contributed by atoms with Crippen LogP contribution in [0.3, 0.4) is 0 Å². The van der Waals surface area contributed by atoms with Gasteiger partial charge in [-0.05, 0) is 83.5 Å². The number of carbonyl (C=O) groups is 2. The minimum atomic E-state index is -0.788. The zero-order valence-corrected chi connectivity index (χ0v) is 42.2. The molecule has 1 amide bonds. The quantitative estimate of drug-likeness (QED) is 0.0321. The number of aliphatic hydroxyl groups is 2. The van der Waals surface area contributed by atoms with Crippen LogP contribution in [0.4, 0.5) is 0 Å². The fourth-order valence-electron chi connectivity index (χ4n) is 8.46. The van der Waals surface area contributed by atoms with Crippen molar-refractivity contribution in [3.63, 3.8) is 0 Å². The van der Waals surface area contributed by atoms with E-state index in [1.54, 1.807) is 0 Å². The fourth-order valence-corrected chi connectivity index (χ4v) is 8.46. The Kier molecular flexibility index (Phi) is 49.5. The molecule has 0 aliphatic carbocycles. The Bertz CT molecular complexity index is 1040. The molecule has 3 atom stereocenters. The zero-order valence-electron chi connectivity index (χ0n) is 42.2. The van der Waals surface area contributed by atoms with E-state index in [4.69, 9.17) is 4.74 Å². The molecule has 0 fully saturated rings. The minimum absolute atomic E-state index is 0.0729. The van der Waals surface area contributed by atoms with Crippen LogP contribution in [0.2, 0.25) is 0 Å². The molecule has 3 N–H and O–H groups in total. The second-order valence-corrected chi connectivity index (χ2v) is 19.0. The summed E-state index contributed by atoms with van der Waals surface area (Å²) in [6.07, 6.45) is 60.6. The molecule has 63 heavy (non-hydrogen) atoms. The minimum Gasteiger partial charge on any atom is -0.462 e. The van der Waals surface area contributed by atoms with Crippen molar-refractivity contribution in [1.82, 2.24) is 5.32 Å². The highest BCUT2D eigenvalue weighted by molar-refractivity contribution is 5.77. The Morgan fingerprint density at radius 3 is 1.25 bits per heavy atom. The number of carbonyl (C=O) groups excluding carboxylic acids is 2. The van der Waals surface area contributed by atoms with Crippen molar-refractivity contribution in [1.29, 1.82) is 0 Å². The normalized spacial score (nSPS) is 13.4. The molecule has 0 rings (SSSR count). The summed E-state index contributed by atoms with van der Waals surface area (Å²) in [6.45, 7) is 6.46. The van der Waals surface area contributed by atoms with Gasteiger partial charge in [0.1, 0.15) is 6.10 Å². The van der Waals surface area contributed by atoms with Crippen molar-refractivity contribution in [3.05, 3.63) is 36.5 Å². The van der Waals surface area contributed by atoms with E-state index in [-0.39, 0.29) is 24.9 Å². The van der Waals surface area contributed by atoms with E-state index in [1.807, 2.05) is 0 Å². The van der Waals surface area contributed by atoms with Gasteiger partial charge in [-0.3, -0.25) is 9.59 Å². The first-order valence-electron chi connectivity index (χ1n) is 27.7. The molecule has 0 saturated carbocycles. The van der Waals surface area contributed by atoms with Gasteiger partial charge in [-0.1, -0.05) is 231 Å². The molecule has 0 aliphatic heterocycles. The lowest BCUT2D eigenvalue weighted by Gasteiger charge is -2.24. The number of allylic oxidation sites excluding steroid dienone is 6. The molecule has 3 unspecified atom stereocenters. The molecule has 0 bridgehead atoms. The maximum atomic E-state index is 13.2. The third-order valence-corrected chi connectivity index (χ3v) is 12.7. The van der Waals surface area contributed by atoms with Crippen molar-refractivity contribution in [3.8, 4) is 0 Å². The topological polar surface area (TPSA) is 95.9 Å². The summed E-state index contributed by atoms with van der Waals surface area (Å²) in [5, 5.41) is 23.8. The summed E-state index contributed by atoms with van der Waals surface area (Å²) in [5.41, 5.74) is 0. The van der Waals surface area contributed by atoms with Gasteiger partial charge in [0.25, 0.3) is 0 Å². The van der Waals surface area contributed by atoms with Crippen LogP contribution in [0, 0.1) is 0 Å². The van der Waals surface area contributed by atoms with Gasteiger partial charge in [-0.25, -0.2) is 0 Å². The lowest BCUT2D eigenvalue weighted by molar-refractivity contribution is -0.151. The van der Waals surface area contributed by atoms with E-state index in [9.17, 15) is 19.8 Å². The van der Waals surface area contributed by atoms with Crippen LogP contribution >= 0.6 is 0 Å². The third-order valence-electron chi connectivity index (χ3n) is 12.7. The molecular formula is C57H107NO5. The smallest absolute Gasteiger partial charge is 0.306 e. The average Bonchev–Trinajstić information content (AvgIpc) is 3.28. The molecular weight excluding hydrogens is 779 g/mol. The Hall–Kier alpha value is -1.92. The lowest BCUT2D eigenvalue weighted by Crippen LogP contribution is -2.46. The summed E-state index contributed by atoms with van der Waals surface area (Å²) in [6, 6.07) is -0.702. The van der Waals surface area contributed by atoms with Crippen LogP contribution in [-0.4, -0.2) is 46.9 Å². The van der Waals surface area contributed by atoms with E-state index in [0.29, 0.717) is 19.3 Å². The first kappa shape index (κ1) is 61.1. The van der Waals surface area contributed by atoms with E-state index < -0.39 is 18.2 Å². The number of esters is 1. The molecule has 0 aromatic rings. The largest absolute Gasteiger partial charge is 0.462 e. The Morgan fingerprint density at radius 1 is 0.460 bits per heavy atom. The first-order chi connectivity index (χ1) is 31.0. The summed E-state index contributed by atoms with van der Waals surface area (Å²) in [4.78, 5) is 26.2. The number of ether oxygens (including phenoxy) is 1. The number of unbranched alkanes of at least 4 members (excludes halogenated alkanes) is 32. The highest BCUT2D eigenvalue weighted by Gasteiger charge is 2.24. The van der Waals surface area contributed by atoms with Crippen molar-refractivity contribution >= 4 is 11.9 Å². The molecule has 0 radical (unpaired) electrons. The van der Waals surface area contributed by atoms with Crippen LogP contribution in [0.15, 0.2) is 36.5 Å². The monoisotopic (exact) mass is 886 g/mol. The predicted octanol–water partition coefficient (Wildman–Crippen LogP) is 16.8. The maximum Gasteiger partial charge on any atom is 0.306 e. The Balaban J connectivity index is 4.53. The van der Waals surface area contributed by atoms with Crippen LogP contribution in [0.1, 0.15) is 290 Å². The summed E-state index contributed by atoms with van der Waals surface area (Å²) >= 11 is 0. The number of hydrogen-bond donors (Lipinski definition) is 3. The van der Waals surface area contributed by atoms with E-state index in [0.717, 1.165) is 70.6 Å². The Morgan fingerprint density at radius 2 is 0.810 bits per heavy atom. The second kappa shape index (κ2) is 51.1. The zero-order chi connectivity index (χ0) is 45.9. The molecule has 0 aliphatic rings. The van der Waals surface area contributed by atoms with Gasteiger partial charge in [0.2, 0.25) is 5.91 Å². The first-order valence-corrected chi connectivity index (χ1v) is 27.7. The lowest BCUT2D eigenvalue weighted by atomic mass is 10.0. The molecule has 6 nitrogen and oxygen atoms in total. The summed E-state index contributed by atoms with van der Waals surface area (Å²) < 4.78 is 5.95. The number of hydrogen-bond acceptors (Lipinski definition) is 5. The second-order valence-electron chi connectivity index (χ2n) is 19.0. The standard InChI is InChI=1S/C57H107NO5/c1-4-7-10-13-16-19-22-24-26-27-28-29-31-33-35-38-41-44-47-50-57(62)63-53(48-45-42-39-36-34-32-30-25-23-20-17-14-11-8-5-2)51-56(61)58-54(52-59)55(60)49-46-43-40-37-21-18-15-12-9-6-3/h16,19,24-26,30,53-55,59-60H,4-15,17-18,20-23,27-29,31-52H2,1-3H3,(H,58,61)/b19-16-,26-24-,30-25+. The molecule has 0 heterocycles. The van der Waals surface area contributed by atoms with E-state index in [1.165, 1.54) is 173 Å². The molecule has 0 spiro atoms. The van der Waals surface area contributed by atoms with E-state index in [2.05, 4.69) is 62.5 Å². The van der Waals surface area contributed by atoms with Crippen LogP contribution in [0.5, 0.6) is 0 Å². The predicted molar refractivity (Wildman–Crippen MR) is 273 cm³/mol. The molecule has 0 aromatic heterocycles. The van der Waals surface area contributed by atoms with Crippen LogP contribution < -0.4 is 5.32 Å². The van der Waals surface area contributed by atoms with Gasteiger partial charge in [0.15, 0.2) is 0 Å². The van der Waals surface area contributed by atoms with Crippen molar-refractivity contribution < 1.29 is 24.5 Å². The molecule has 370 valence electrons. The van der Waals surface area contributed by atoms with Crippen molar-refractivity contribution in [2.45, 2.75) is 309 Å². The summed E-state index contributed by atoms with van der Waals surface area (Å²) in [5.74, 6) is -0.476. The van der Waals surface area contributed by atoms with Crippen molar-refractivity contribution in [2.75, 3.05) is 6.61 Å². The van der Waals surface area contributed by atoms with Gasteiger partial charge in [-0.15, -0.1) is 0 Å². The van der Waals surface area contributed by atoms with Crippen LogP contribution in [0.25, 0.3) is 0 Å². The Labute approximate surface area is 392 Å². The highest BCUT2D eigenvalue weighted by Crippen LogP contribution is 2.18.